The molecule has 29 heavy (non-hydrogen) atoms. The zero-order valence-corrected chi connectivity index (χ0v) is 16.9. The van der Waals surface area contributed by atoms with Gasteiger partial charge in [0.15, 0.2) is 0 Å². The summed E-state index contributed by atoms with van der Waals surface area (Å²) in [6.45, 7) is 2.04. The van der Waals surface area contributed by atoms with Crippen LogP contribution >= 0.6 is 0 Å². The Labute approximate surface area is 170 Å². The summed E-state index contributed by atoms with van der Waals surface area (Å²) in [5.74, 6) is -0.325. The molecule has 0 saturated heterocycles. The van der Waals surface area contributed by atoms with Crippen LogP contribution in [-0.4, -0.2) is 41.1 Å². The van der Waals surface area contributed by atoms with Crippen LogP contribution in [0.1, 0.15) is 56.9 Å². The summed E-state index contributed by atoms with van der Waals surface area (Å²) in [7, 11) is 1.54. The largest absolute Gasteiger partial charge is 0.481 e. The minimum absolute atomic E-state index is 0.0756. The normalized spacial score (nSPS) is 28.8. The molecule has 2 saturated carbocycles. The molecule has 2 aliphatic rings. The molecule has 2 unspecified atom stereocenters. The highest BCUT2D eigenvalue weighted by atomic mass is 16.6. The van der Waals surface area contributed by atoms with Gasteiger partial charge in [-0.15, -0.1) is 0 Å². The first-order chi connectivity index (χ1) is 13.9. The zero-order valence-electron chi connectivity index (χ0n) is 16.9. The number of carboxylic acid groups (broad SMARTS) is 1. The van der Waals surface area contributed by atoms with E-state index in [9.17, 15) is 14.7 Å². The topological polar surface area (TPSA) is 105 Å². The van der Waals surface area contributed by atoms with Crippen molar-refractivity contribution in [2.24, 2.45) is 22.9 Å². The molecule has 1 aromatic rings. The first-order valence-corrected chi connectivity index (χ1v) is 10.2. The minimum Gasteiger partial charge on any atom is -0.481 e. The Morgan fingerprint density at radius 2 is 2.00 bits per heavy atom. The van der Waals surface area contributed by atoms with Gasteiger partial charge < -0.3 is 19.8 Å². The van der Waals surface area contributed by atoms with Crippen molar-refractivity contribution in [3.63, 3.8) is 0 Å². The summed E-state index contributed by atoms with van der Waals surface area (Å²) in [6.07, 6.45) is 2.74. The highest BCUT2D eigenvalue weighted by molar-refractivity contribution is 5.87. The SMILES string of the molecule is CCC(=NOC)[C@H]1[C@H](c2cccc(OC(=O)CCC(=O)O)c2)CC2CC(O)[C@@H]1C2. The van der Waals surface area contributed by atoms with Crippen LogP contribution in [0.4, 0.5) is 0 Å². The van der Waals surface area contributed by atoms with Gasteiger partial charge in [-0.05, 0) is 61.1 Å². The predicted molar refractivity (Wildman–Crippen MR) is 107 cm³/mol. The number of aliphatic hydroxyl groups excluding tert-OH is 1. The fourth-order valence-electron chi connectivity index (χ4n) is 5.04. The molecule has 0 heterocycles. The highest BCUT2D eigenvalue weighted by Gasteiger charge is 2.48. The molecule has 158 valence electrons. The van der Waals surface area contributed by atoms with Crippen molar-refractivity contribution in [3.05, 3.63) is 29.8 Å². The van der Waals surface area contributed by atoms with E-state index in [4.69, 9.17) is 14.7 Å². The van der Waals surface area contributed by atoms with E-state index in [0.29, 0.717) is 11.7 Å². The Morgan fingerprint density at radius 3 is 2.69 bits per heavy atom. The Bertz CT molecular complexity index is 776. The first-order valence-electron chi connectivity index (χ1n) is 10.2. The first kappa shape index (κ1) is 21.3. The predicted octanol–water partition coefficient (Wildman–Crippen LogP) is 3.36. The lowest BCUT2D eigenvalue weighted by Crippen LogP contribution is -2.36. The maximum Gasteiger partial charge on any atom is 0.311 e. The molecular weight excluding hydrogens is 374 g/mol. The Kier molecular flexibility index (Phi) is 6.90. The minimum atomic E-state index is -1.03. The van der Waals surface area contributed by atoms with Gasteiger partial charge >= 0.3 is 11.9 Å². The molecule has 7 nitrogen and oxygen atoms in total. The van der Waals surface area contributed by atoms with Crippen LogP contribution in [0.25, 0.3) is 0 Å². The van der Waals surface area contributed by atoms with Gasteiger partial charge in [-0.1, -0.05) is 24.2 Å². The van der Waals surface area contributed by atoms with E-state index in [0.717, 1.165) is 37.0 Å². The fourth-order valence-corrected chi connectivity index (χ4v) is 5.04. The van der Waals surface area contributed by atoms with E-state index < -0.39 is 11.9 Å². The second-order valence-corrected chi connectivity index (χ2v) is 8.00. The van der Waals surface area contributed by atoms with Crippen molar-refractivity contribution in [2.45, 2.75) is 57.5 Å². The van der Waals surface area contributed by atoms with Gasteiger partial charge in [0.1, 0.15) is 12.9 Å². The van der Waals surface area contributed by atoms with Gasteiger partial charge in [0.2, 0.25) is 0 Å². The summed E-state index contributed by atoms with van der Waals surface area (Å²) in [5, 5.41) is 23.6. The van der Waals surface area contributed by atoms with Gasteiger partial charge in [-0.3, -0.25) is 9.59 Å². The number of fused-ring (bicyclic) bond motifs is 2. The number of aliphatic carboxylic acids is 1. The second-order valence-electron chi connectivity index (χ2n) is 8.00. The Morgan fingerprint density at radius 1 is 1.21 bits per heavy atom. The molecule has 7 heteroatoms. The third kappa shape index (κ3) is 4.96. The maximum atomic E-state index is 11.9. The standard InChI is InChI=1S/C22H29NO6/c1-3-18(23-28-2)22-16(9-13-10-17(22)19(24)11-13)14-5-4-6-15(12-14)29-21(27)8-7-20(25)26/h4-6,12-13,16-17,19,22,24H,3,7-11H2,1-2H3,(H,25,26)/t13?,16-,17-,19?,22-/m0/s1. The zero-order chi connectivity index (χ0) is 21.0. The number of hydrogen-bond acceptors (Lipinski definition) is 6. The molecule has 1 aromatic carbocycles. The number of carbonyl (C=O) groups is 2. The molecule has 0 aromatic heterocycles. The van der Waals surface area contributed by atoms with Crippen LogP contribution in [0.2, 0.25) is 0 Å². The van der Waals surface area contributed by atoms with Gasteiger partial charge in [-0.2, -0.15) is 0 Å². The van der Waals surface area contributed by atoms with Crippen molar-refractivity contribution >= 4 is 17.7 Å². The number of benzene rings is 1. The molecular formula is C22H29NO6. The van der Waals surface area contributed by atoms with E-state index >= 15 is 0 Å². The monoisotopic (exact) mass is 403 g/mol. The Balaban J connectivity index is 1.84. The second kappa shape index (κ2) is 9.39. The van der Waals surface area contributed by atoms with Crippen LogP contribution in [0.5, 0.6) is 5.75 Å². The van der Waals surface area contributed by atoms with Gasteiger partial charge in [0.05, 0.1) is 24.7 Å². The highest BCUT2D eigenvalue weighted by Crippen LogP contribution is 2.53. The number of oxime groups is 1. The molecule has 2 fully saturated rings. The number of ether oxygens (including phenoxy) is 1. The van der Waals surface area contributed by atoms with E-state index in [-0.39, 0.29) is 36.7 Å². The van der Waals surface area contributed by atoms with Crippen LogP contribution in [0.15, 0.2) is 29.4 Å². The van der Waals surface area contributed by atoms with Crippen LogP contribution in [0, 0.1) is 17.8 Å². The fraction of sp³-hybridized carbons (Fsp3) is 0.591. The summed E-state index contributed by atoms with van der Waals surface area (Å²) < 4.78 is 5.35. The molecule has 0 radical (unpaired) electrons. The van der Waals surface area contributed by atoms with Crippen molar-refractivity contribution in [3.8, 4) is 5.75 Å². The average molecular weight is 403 g/mol. The number of esters is 1. The molecule has 5 atom stereocenters. The lowest BCUT2D eigenvalue weighted by molar-refractivity contribution is -0.142. The molecule has 0 aliphatic heterocycles. The van der Waals surface area contributed by atoms with E-state index in [1.54, 1.807) is 13.2 Å². The number of carbonyl (C=O) groups excluding carboxylic acids is 1. The van der Waals surface area contributed by atoms with Crippen LogP contribution in [0.3, 0.4) is 0 Å². The molecule has 2 N–H and O–H groups in total. The van der Waals surface area contributed by atoms with Gasteiger partial charge in [0.25, 0.3) is 0 Å². The molecule has 2 aliphatic carbocycles. The molecule has 3 rings (SSSR count). The van der Waals surface area contributed by atoms with Crippen molar-refractivity contribution in [1.82, 2.24) is 0 Å². The van der Waals surface area contributed by atoms with E-state index in [1.165, 1.54) is 0 Å². The van der Waals surface area contributed by atoms with Crippen LogP contribution in [-0.2, 0) is 14.4 Å². The number of hydrogen-bond donors (Lipinski definition) is 2. The van der Waals surface area contributed by atoms with Gasteiger partial charge in [-0.25, -0.2) is 0 Å². The lowest BCUT2D eigenvalue weighted by atomic mass is 9.67. The molecule has 2 bridgehead atoms. The molecule has 0 amide bonds. The van der Waals surface area contributed by atoms with Gasteiger partial charge in [0, 0.05) is 5.92 Å². The number of nitrogens with zero attached hydrogens (tertiary/aromatic N) is 1. The maximum absolute atomic E-state index is 11.9. The number of carboxylic acids is 1. The third-order valence-electron chi connectivity index (χ3n) is 6.17. The smallest absolute Gasteiger partial charge is 0.311 e. The van der Waals surface area contributed by atoms with E-state index in [2.05, 4.69) is 5.16 Å². The van der Waals surface area contributed by atoms with Crippen molar-refractivity contribution < 1.29 is 29.4 Å². The van der Waals surface area contributed by atoms with Crippen molar-refractivity contribution in [2.75, 3.05) is 7.11 Å². The average Bonchev–Trinajstić information content (AvgIpc) is 2.99. The number of rotatable bonds is 8. The summed E-state index contributed by atoms with van der Waals surface area (Å²) >= 11 is 0. The molecule has 0 spiro atoms. The summed E-state index contributed by atoms with van der Waals surface area (Å²) in [5.41, 5.74) is 1.99. The quantitative estimate of drug-likeness (QED) is 0.298. The number of aliphatic hydroxyl groups is 1. The Hall–Kier alpha value is -2.41. The lowest BCUT2D eigenvalue weighted by Gasteiger charge is -2.38. The van der Waals surface area contributed by atoms with Crippen molar-refractivity contribution in [1.29, 1.82) is 0 Å². The third-order valence-corrected chi connectivity index (χ3v) is 6.17. The summed E-state index contributed by atoms with van der Waals surface area (Å²) in [6, 6.07) is 7.42. The summed E-state index contributed by atoms with van der Waals surface area (Å²) in [4.78, 5) is 27.6. The van der Waals surface area contributed by atoms with E-state index in [1.807, 2.05) is 25.1 Å². The van der Waals surface area contributed by atoms with Crippen LogP contribution < -0.4 is 4.74 Å².